The molecule has 1 aliphatic rings. The van der Waals surface area contributed by atoms with Crippen LogP contribution in [-0.4, -0.2) is 112 Å². The summed E-state index contributed by atoms with van der Waals surface area (Å²) in [5.74, 6) is -0.193. The van der Waals surface area contributed by atoms with Crippen LogP contribution in [0.3, 0.4) is 0 Å². The van der Waals surface area contributed by atoms with Crippen molar-refractivity contribution in [2.24, 2.45) is 5.92 Å². The van der Waals surface area contributed by atoms with Crippen molar-refractivity contribution < 1.29 is 32.6 Å². The molecule has 0 spiro atoms. The molecule has 252 valence electrons. The minimum atomic E-state index is -3.84. The molecule has 0 saturated heterocycles. The van der Waals surface area contributed by atoms with Crippen LogP contribution in [0.1, 0.15) is 63.2 Å². The first-order valence-electron chi connectivity index (χ1n) is 15.6. The van der Waals surface area contributed by atoms with Crippen LogP contribution in [0.5, 0.6) is 5.75 Å². The van der Waals surface area contributed by atoms with Crippen molar-refractivity contribution >= 4 is 38.9 Å². The number of hydrogen-bond acceptors (Lipinski definition) is 9. The van der Waals surface area contributed by atoms with Crippen LogP contribution < -0.4 is 9.46 Å². The molecule has 2 N–H and O–H groups in total. The Kier molecular flexibility index (Phi) is 14.1. The summed E-state index contributed by atoms with van der Waals surface area (Å²) < 4.78 is 41.2. The van der Waals surface area contributed by atoms with E-state index in [1.54, 1.807) is 47.4 Å². The molecule has 0 fully saturated rings. The number of nitrogens with zero attached hydrogens (tertiary/aromatic N) is 3. The first-order chi connectivity index (χ1) is 21.3. The summed E-state index contributed by atoms with van der Waals surface area (Å²) in [7, 11) is 1.90. The van der Waals surface area contributed by atoms with E-state index in [1.807, 2.05) is 27.9 Å². The Bertz CT molecular complexity index is 1340. The average molecular weight is 667 g/mol. The monoisotopic (exact) mass is 666 g/mol. The second-order valence-electron chi connectivity index (χ2n) is 12.2. The highest BCUT2D eigenvalue weighted by Gasteiger charge is 2.31. The molecule has 13 heteroatoms. The molecular weight excluding hydrogens is 617 g/mol. The molecule has 1 aliphatic heterocycles. The van der Waals surface area contributed by atoms with E-state index >= 15 is 0 Å². The highest BCUT2D eigenvalue weighted by molar-refractivity contribution is 7.94. The van der Waals surface area contributed by atoms with E-state index < -0.39 is 22.0 Å². The molecule has 11 nitrogen and oxygen atoms in total. The number of anilines is 1. The molecule has 0 saturated carbocycles. The van der Waals surface area contributed by atoms with Gasteiger partial charge in [0.25, 0.3) is 15.9 Å². The second-order valence-corrected chi connectivity index (χ2v) is 15.1. The third-order valence-corrected chi connectivity index (χ3v) is 10.7. The largest absolute Gasteiger partial charge is 0.490 e. The molecule has 2 aromatic rings. The summed E-state index contributed by atoms with van der Waals surface area (Å²) >= 11 is 1.10. The third-order valence-electron chi connectivity index (χ3n) is 7.94. The number of sulfonamides is 1. The molecule has 45 heavy (non-hydrogen) atoms. The normalized spacial score (nSPS) is 21.0. The van der Waals surface area contributed by atoms with Gasteiger partial charge in [0.15, 0.2) is 0 Å². The lowest BCUT2D eigenvalue weighted by molar-refractivity contribution is -0.132. The number of rotatable bonds is 11. The van der Waals surface area contributed by atoms with Crippen LogP contribution in [0.15, 0.2) is 39.9 Å². The van der Waals surface area contributed by atoms with E-state index in [2.05, 4.69) is 9.62 Å². The zero-order valence-corrected chi connectivity index (χ0v) is 29.0. The summed E-state index contributed by atoms with van der Waals surface area (Å²) in [4.78, 5) is 32.5. The zero-order valence-electron chi connectivity index (χ0n) is 27.4. The molecule has 0 unspecified atom stereocenters. The number of thiophene rings is 1. The fraction of sp³-hybridized carbons (Fsp3) is 0.625. The van der Waals surface area contributed by atoms with Crippen LogP contribution in [-0.2, 0) is 19.6 Å². The third kappa shape index (κ3) is 11.0. The topological polar surface area (TPSA) is 129 Å². The van der Waals surface area contributed by atoms with E-state index in [0.29, 0.717) is 25.3 Å². The van der Waals surface area contributed by atoms with Crippen molar-refractivity contribution in [3.8, 4) is 5.75 Å². The number of aliphatic hydroxyl groups is 1. The highest BCUT2D eigenvalue weighted by Crippen LogP contribution is 2.30. The molecule has 1 aromatic carbocycles. The maximum Gasteiger partial charge on any atom is 0.271 e. The summed E-state index contributed by atoms with van der Waals surface area (Å²) in [6, 6.07) is 7.34. The van der Waals surface area contributed by atoms with Crippen LogP contribution in [0.4, 0.5) is 5.69 Å². The van der Waals surface area contributed by atoms with E-state index in [9.17, 15) is 23.1 Å². The molecule has 2 amide bonds. The Hall–Kier alpha value is -2.71. The standard InChI is InChI=1S/C32H50N4O7S2/c1-23-20-36(24(2)22-37)32(39)27-19-26(33-45(40,41)31-13-10-18-44-31)14-15-28(27)43-25(3)11-7-8-17-42-29(23)21-35(6)30(38)12-9-16-34(4)5/h10,13-15,18-19,23-25,29,33,37H,7-9,11-12,16-17,20-22H2,1-6H3/t23-,24+,25-,29+/m0/s1. The van der Waals surface area contributed by atoms with Crippen molar-refractivity contribution in [1.82, 2.24) is 14.7 Å². The van der Waals surface area contributed by atoms with Crippen molar-refractivity contribution in [1.29, 1.82) is 0 Å². The van der Waals surface area contributed by atoms with Crippen LogP contribution >= 0.6 is 11.3 Å². The van der Waals surface area contributed by atoms with Gasteiger partial charge >= 0.3 is 0 Å². The van der Waals surface area contributed by atoms with Crippen molar-refractivity contribution in [2.45, 2.75) is 75.3 Å². The SMILES string of the molecule is C[C@H](CO)N1C[C@H](C)[C@@H](CN(C)C(=O)CCCN(C)C)OCCCC[C@H](C)Oc2ccc(NS(=O)(=O)c3cccs3)cc2C1=O. The smallest absolute Gasteiger partial charge is 0.271 e. The van der Waals surface area contributed by atoms with Crippen molar-refractivity contribution in [3.05, 3.63) is 41.3 Å². The number of carbonyl (C=O) groups excluding carboxylic acids is 2. The first kappa shape index (κ1) is 36.8. The number of hydrogen-bond donors (Lipinski definition) is 2. The predicted molar refractivity (Wildman–Crippen MR) is 177 cm³/mol. The van der Waals surface area contributed by atoms with Gasteiger partial charge in [0.05, 0.1) is 30.4 Å². The van der Waals surface area contributed by atoms with E-state index in [4.69, 9.17) is 9.47 Å². The quantitative estimate of drug-likeness (QED) is 0.366. The van der Waals surface area contributed by atoms with Crippen LogP contribution in [0.25, 0.3) is 0 Å². The molecule has 4 atom stereocenters. The van der Waals surface area contributed by atoms with Crippen LogP contribution in [0.2, 0.25) is 0 Å². The number of carbonyl (C=O) groups is 2. The Morgan fingerprint density at radius 1 is 1.20 bits per heavy atom. The predicted octanol–water partition coefficient (Wildman–Crippen LogP) is 4.14. The molecular formula is C32H50N4O7S2. The lowest BCUT2D eigenvalue weighted by Gasteiger charge is -2.36. The maximum atomic E-state index is 14.3. The fourth-order valence-corrected chi connectivity index (χ4v) is 7.22. The van der Waals surface area contributed by atoms with Gasteiger partial charge in [-0.1, -0.05) is 13.0 Å². The average Bonchev–Trinajstić information content (AvgIpc) is 3.54. The molecule has 0 aliphatic carbocycles. The minimum absolute atomic E-state index is 0.0427. The number of nitrogens with one attached hydrogen (secondary N) is 1. The van der Waals surface area contributed by atoms with Gasteiger partial charge < -0.3 is 29.3 Å². The number of benzene rings is 1. The lowest BCUT2D eigenvalue weighted by atomic mass is 10.0. The summed E-state index contributed by atoms with van der Waals surface area (Å²) in [6.45, 7) is 7.37. The van der Waals surface area contributed by atoms with Crippen molar-refractivity contribution in [3.63, 3.8) is 0 Å². The van der Waals surface area contributed by atoms with Gasteiger partial charge in [-0.05, 0) is 89.8 Å². The number of aliphatic hydroxyl groups excluding tert-OH is 1. The summed E-state index contributed by atoms with van der Waals surface area (Å²) in [5, 5.41) is 11.8. The number of ether oxygens (including phenoxy) is 2. The van der Waals surface area contributed by atoms with Gasteiger partial charge in [-0.15, -0.1) is 11.3 Å². The van der Waals surface area contributed by atoms with E-state index in [1.165, 1.54) is 12.1 Å². The summed E-state index contributed by atoms with van der Waals surface area (Å²) in [5.41, 5.74) is 0.427. The Balaban J connectivity index is 1.92. The molecule has 3 rings (SSSR count). The molecule has 2 heterocycles. The Morgan fingerprint density at radius 3 is 2.62 bits per heavy atom. The first-order valence-corrected chi connectivity index (χ1v) is 18.0. The Morgan fingerprint density at radius 2 is 1.96 bits per heavy atom. The lowest BCUT2D eigenvalue weighted by Crippen LogP contribution is -2.48. The molecule has 1 aromatic heterocycles. The van der Waals surface area contributed by atoms with E-state index in [-0.39, 0.29) is 52.6 Å². The minimum Gasteiger partial charge on any atom is -0.490 e. The zero-order chi connectivity index (χ0) is 33.1. The molecule has 0 radical (unpaired) electrons. The Labute approximate surface area is 272 Å². The van der Waals surface area contributed by atoms with Crippen LogP contribution in [0, 0.1) is 5.92 Å². The van der Waals surface area contributed by atoms with Gasteiger partial charge in [-0.2, -0.15) is 0 Å². The number of fused-ring (bicyclic) bond motifs is 1. The number of likely N-dealkylation sites (N-methyl/N-ethyl adjacent to an activating group) is 1. The van der Waals surface area contributed by atoms with E-state index in [0.717, 1.165) is 43.6 Å². The van der Waals surface area contributed by atoms with Gasteiger partial charge in [-0.25, -0.2) is 8.42 Å². The van der Waals surface area contributed by atoms with Gasteiger partial charge in [-0.3, -0.25) is 14.3 Å². The molecule has 0 bridgehead atoms. The summed E-state index contributed by atoms with van der Waals surface area (Å²) in [6.07, 6.45) is 3.03. The van der Waals surface area contributed by atoms with Gasteiger partial charge in [0, 0.05) is 44.8 Å². The van der Waals surface area contributed by atoms with Gasteiger partial charge in [0.1, 0.15) is 9.96 Å². The van der Waals surface area contributed by atoms with Gasteiger partial charge in [0.2, 0.25) is 5.91 Å². The second kappa shape index (κ2) is 17.3. The maximum absolute atomic E-state index is 14.3. The van der Waals surface area contributed by atoms with Crippen molar-refractivity contribution in [2.75, 3.05) is 58.7 Å². The fourth-order valence-electron chi connectivity index (χ4n) is 5.18. The highest BCUT2D eigenvalue weighted by atomic mass is 32.2. The number of amides is 2.